The molecule has 1 aromatic heterocycles. The molecule has 2 amide bonds. The van der Waals surface area contributed by atoms with Crippen LogP contribution in [0.4, 0.5) is 10.8 Å². The second kappa shape index (κ2) is 7.67. The van der Waals surface area contributed by atoms with E-state index < -0.39 is 0 Å². The number of amides is 2. The van der Waals surface area contributed by atoms with Gasteiger partial charge in [-0.1, -0.05) is 54.7 Å². The first kappa shape index (κ1) is 16.8. The van der Waals surface area contributed by atoms with Gasteiger partial charge in [0.2, 0.25) is 11.0 Å². The van der Waals surface area contributed by atoms with Crippen LogP contribution in [0.3, 0.4) is 0 Å². The summed E-state index contributed by atoms with van der Waals surface area (Å²) in [6, 6.07) is 16.4. The predicted molar refractivity (Wildman–Crippen MR) is 98.7 cm³/mol. The molecular weight excluding hydrogens is 336 g/mol. The number of carbonyl (C=O) groups is 2. The summed E-state index contributed by atoms with van der Waals surface area (Å²) in [6.45, 7) is 1.77. The fraction of sp³-hybridized carbons (Fsp3) is 0.111. The van der Waals surface area contributed by atoms with Crippen molar-refractivity contribution < 1.29 is 9.59 Å². The SMILES string of the molecule is CCC(=O)Nc1cccc(C(=O)Nc2nnc(-c3ccccc3)s2)c1. The Hall–Kier alpha value is -3.06. The maximum Gasteiger partial charge on any atom is 0.257 e. The van der Waals surface area contributed by atoms with Crippen LogP contribution in [0.2, 0.25) is 0 Å². The van der Waals surface area contributed by atoms with Crippen LogP contribution in [0.15, 0.2) is 54.6 Å². The molecule has 0 fully saturated rings. The van der Waals surface area contributed by atoms with E-state index >= 15 is 0 Å². The number of aromatic nitrogens is 2. The van der Waals surface area contributed by atoms with Gasteiger partial charge in [-0.15, -0.1) is 10.2 Å². The Morgan fingerprint density at radius 2 is 1.80 bits per heavy atom. The summed E-state index contributed by atoms with van der Waals surface area (Å²) >= 11 is 1.30. The van der Waals surface area contributed by atoms with Crippen LogP contribution in [0.5, 0.6) is 0 Å². The van der Waals surface area contributed by atoms with Gasteiger partial charge in [0.25, 0.3) is 5.91 Å². The predicted octanol–water partition coefficient (Wildman–Crippen LogP) is 3.81. The van der Waals surface area contributed by atoms with E-state index in [0.29, 0.717) is 22.8 Å². The summed E-state index contributed by atoms with van der Waals surface area (Å²) in [7, 11) is 0. The number of carbonyl (C=O) groups excluding carboxylic acids is 2. The Kier molecular flexibility index (Phi) is 5.15. The van der Waals surface area contributed by atoms with E-state index in [1.165, 1.54) is 11.3 Å². The molecule has 0 radical (unpaired) electrons. The Morgan fingerprint density at radius 1 is 1.00 bits per heavy atom. The summed E-state index contributed by atoms with van der Waals surface area (Å²) < 4.78 is 0. The molecule has 0 spiro atoms. The van der Waals surface area contributed by atoms with Gasteiger partial charge in [-0.25, -0.2) is 0 Å². The Balaban J connectivity index is 1.71. The van der Waals surface area contributed by atoms with Crippen LogP contribution in [-0.2, 0) is 4.79 Å². The Bertz CT molecular complexity index is 893. The number of anilines is 2. The molecule has 3 rings (SSSR count). The molecule has 6 nitrogen and oxygen atoms in total. The number of rotatable bonds is 5. The summed E-state index contributed by atoms with van der Waals surface area (Å²) in [5.41, 5.74) is 1.97. The van der Waals surface area contributed by atoms with Crippen molar-refractivity contribution in [3.63, 3.8) is 0 Å². The van der Waals surface area contributed by atoms with Crippen molar-refractivity contribution in [2.24, 2.45) is 0 Å². The number of nitrogens with zero attached hydrogens (tertiary/aromatic N) is 2. The maximum absolute atomic E-state index is 12.4. The molecule has 0 saturated heterocycles. The summed E-state index contributed by atoms with van der Waals surface area (Å²) in [4.78, 5) is 23.8. The van der Waals surface area contributed by atoms with Crippen molar-refractivity contribution >= 4 is 34.0 Å². The van der Waals surface area contributed by atoms with Gasteiger partial charge in [-0.05, 0) is 18.2 Å². The third kappa shape index (κ3) is 4.27. The highest BCUT2D eigenvalue weighted by Crippen LogP contribution is 2.26. The Labute approximate surface area is 148 Å². The van der Waals surface area contributed by atoms with E-state index in [9.17, 15) is 9.59 Å². The lowest BCUT2D eigenvalue weighted by molar-refractivity contribution is -0.115. The van der Waals surface area contributed by atoms with E-state index in [-0.39, 0.29) is 11.8 Å². The topological polar surface area (TPSA) is 84.0 Å². The van der Waals surface area contributed by atoms with Crippen LogP contribution < -0.4 is 10.6 Å². The monoisotopic (exact) mass is 352 g/mol. The molecule has 3 aromatic rings. The fourth-order valence-corrected chi connectivity index (χ4v) is 2.87. The lowest BCUT2D eigenvalue weighted by Gasteiger charge is -2.06. The van der Waals surface area contributed by atoms with Gasteiger partial charge in [0.1, 0.15) is 5.01 Å². The number of hydrogen-bond acceptors (Lipinski definition) is 5. The molecule has 126 valence electrons. The summed E-state index contributed by atoms with van der Waals surface area (Å²) in [5.74, 6) is -0.405. The zero-order valence-corrected chi connectivity index (χ0v) is 14.3. The minimum absolute atomic E-state index is 0.103. The highest BCUT2D eigenvalue weighted by molar-refractivity contribution is 7.18. The first-order valence-electron chi connectivity index (χ1n) is 7.76. The van der Waals surface area contributed by atoms with Gasteiger partial charge < -0.3 is 5.32 Å². The van der Waals surface area contributed by atoms with Crippen LogP contribution in [0.25, 0.3) is 10.6 Å². The second-order valence-corrected chi connectivity index (χ2v) is 6.19. The minimum Gasteiger partial charge on any atom is -0.326 e. The number of nitrogens with one attached hydrogen (secondary N) is 2. The van der Waals surface area contributed by atoms with Gasteiger partial charge in [0.05, 0.1) is 0 Å². The molecule has 0 atom stereocenters. The highest BCUT2D eigenvalue weighted by atomic mass is 32.1. The van der Waals surface area contributed by atoms with Gasteiger partial charge in [-0.3, -0.25) is 14.9 Å². The van der Waals surface area contributed by atoms with Crippen molar-refractivity contribution in [2.75, 3.05) is 10.6 Å². The van der Waals surface area contributed by atoms with Gasteiger partial charge in [0, 0.05) is 23.2 Å². The molecule has 1 heterocycles. The van der Waals surface area contributed by atoms with Crippen molar-refractivity contribution in [1.82, 2.24) is 10.2 Å². The molecule has 25 heavy (non-hydrogen) atoms. The molecule has 2 N–H and O–H groups in total. The molecule has 0 aliphatic heterocycles. The molecule has 2 aromatic carbocycles. The molecule has 0 unspecified atom stereocenters. The smallest absolute Gasteiger partial charge is 0.257 e. The van der Waals surface area contributed by atoms with Crippen LogP contribution in [0, 0.1) is 0 Å². The average Bonchev–Trinajstić information content (AvgIpc) is 3.11. The normalized spacial score (nSPS) is 10.3. The molecule has 0 bridgehead atoms. The first-order valence-corrected chi connectivity index (χ1v) is 8.57. The van der Waals surface area contributed by atoms with E-state index in [2.05, 4.69) is 20.8 Å². The van der Waals surface area contributed by atoms with E-state index in [4.69, 9.17) is 0 Å². The Morgan fingerprint density at radius 3 is 2.56 bits per heavy atom. The zero-order valence-electron chi connectivity index (χ0n) is 13.5. The first-order chi connectivity index (χ1) is 12.2. The molecule has 0 saturated carbocycles. The average molecular weight is 352 g/mol. The number of benzene rings is 2. The summed E-state index contributed by atoms with van der Waals surface area (Å²) in [5, 5.41) is 14.7. The molecule has 0 aliphatic rings. The molecular formula is C18H16N4O2S. The number of hydrogen-bond donors (Lipinski definition) is 2. The van der Waals surface area contributed by atoms with Gasteiger partial charge in [0.15, 0.2) is 0 Å². The fourth-order valence-electron chi connectivity index (χ4n) is 2.13. The highest BCUT2D eigenvalue weighted by Gasteiger charge is 2.12. The maximum atomic E-state index is 12.4. The van der Waals surface area contributed by atoms with Crippen molar-refractivity contribution in [1.29, 1.82) is 0 Å². The molecule has 0 aliphatic carbocycles. The second-order valence-electron chi connectivity index (χ2n) is 5.22. The zero-order chi connectivity index (χ0) is 17.6. The largest absolute Gasteiger partial charge is 0.326 e. The van der Waals surface area contributed by atoms with Crippen molar-refractivity contribution in [3.8, 4) is 10.6 Å². The van der Waals surface area contributed by atoms with Gasteiger partial charge >= 0.3 is 0 Å². The lowest BCUT2D eigenvalue weighted by Crippen LogP contribution is -2.13. The van der Waals surface area contributed by atoms with Gasteiger partial charge in [-0.2, -0.15) is 0 Å². The summed E-state index contributed by atoms with van der Waals surface area (Å²) in [6.07, 6.45) is 0.378. The standard InChI is InChI=1S/C18H16N4O2S/c1-2-15(23)19-14-10-6-9-13(11-14)16(24)20-18-22-21-17(25-18)12-7-4-3-5-8-12/h3-11H,2H2,1H3,(H,19,23)(H,20,22,24). The van der Waals surface area contributed by atoms with E-state index in [1.54, 1.807) is 31.2 Å². The molecule has 7 heteroatoms. The quantitative estimate of drug-likeness (QED) is 0.731. The minimum atomic E-state index is -0.302. The van der Waals surface area contributed by atoms with E-state index in [0.717, 1.165) is 10.6 Å². The van der Waals surface area contributed by atoms with Crippen molar-refractivity contribution in [3.05, 3.63) is 60.2 Å². The third-order valence-corrected chi connectivity index (χ3v) is 4.28. The van der Waals surface area contributed by atoms with Crippen molar-refractivity contribution in [2.45, 2.75) is 13.3 Å². The van der Waals surface area contributed by atoms with Crippen LogP contribution in [-0.4, -0.2) is 22.0 Å². The van der Waals surface area contributed by atoms with Crippen LogP contribution >= 0.6 is 11.3 Å². The van der Waals surface area contributed by atoms with E-state index in [1.807, 2.05) is 30.3 Å². The lowest BCUT2D eigenvalue weighted by atomic mass is 10.2. The third-order valence-electron chi connectivity index (χ3n) is 3.40. The van der Waals surface area contributed by atoms with Crippen LogP contribution in [0.1, 0.15) is 23.7 Å².